The number of aliphatic imine (C=N–C) groups is 1. The molecule has 0 atom stereocenters. The molecule has 160 valence electrons. The van der Waals surface area contributed by atoms with Crippen molar-refractivity contribution in [3.63, 3.8) is 0 Å². The lowest BCUT2D eigenvalue weighted by Crippen LogP contribution is -2.38. The van der Waals surface area contributed by atoms with E-state index in [4.69, 9.17) is 0 Å². The first-order valence-corrected chi connectivity index (χ1v) is 10.6. The molecular formula is C22H34IN5O. The van der Waals surface area contributed by atoms with Crippen LogP contribution in [0.15, 0.2) is 35.5 Å². The molecule has 1 fully saturated rings. The van der Waals surface area contributed by atoms with Crippen LogP contribution < -0.4 is 10.6 Å². The SMILES string of the molecule is CCNC(=NCCCN1CCCCCC1=O)NCCc1c[nH]c2ccccc12.I. The van der Waals surface area contributed by atoms with Crippen LogP contribution in [-0.4, -0.2) is 54.5 Å². The molecule has 1 amide bonds. The number of hydrogen-bond donors (Lipinski definition) is 3. The molecule has 1 aliphatic heterocycles. The van der Waals surface area contributed by atoms with Crippen LogP contribution in [0.5, 0.6) is 0 Å². The van der Waals surface area contributed by atoms with Gasteiger partial charge < -0.3 is 20.5 Å². The highest BCUT2D eigenvalue weighted by atomic mass is 127. The van der Waals surface area contributed by atoms with E-state index >= 15 is 0 Å². The van der Waals surface area contributed by atoms with E-state index in [2.05, 4.69) is 58.0 Å². The molecule has 0 unspecified atom stereocenters. The molecule has 3 rings (SSSR count). The van der Waals surface area contributed by atoms with E-state index in [-0.39, 0.29) is 24.0 Å². The zero-order valence-electron chi connectivity index (χ0n) is 17.4. The third-order valence-corrected chi connectivity index (χ3v) is 5.23. The topological polar surface area (TPSA) is 72.5 Å². The van der Waals surface area contributed by atoms with E-state index in [9.17, 15) is 4.79 Å². The number of benzene rings is 1. The van der Waals surface area contributed by atoms with Gasteiger partial charge in [0.1, 0.15) is 0 Å². The number of aromatic amines is 1. The fourth-order valence-corrected chi connectivity index (χ4v) is 3.72. The van der Waals surface area contributed by atoms with Crippen molar-refractivity contribution in [3.05, 3.63) is 36.0 Å². The molecule has 0 saturated carbocycles. The van der Waals surface area contributed by atoms with Crippen molar-refractivity contribution in [2.45, 2.75) is 45.4 Å². The second-order valence-electron chi connectivity index (χ2n) is 7.34. The van der Waals surface area contributed by atoms with Crippen molar-refractivity contribution in [2.24, 2.45) is 4.99 Å². The number of H-pyrrole nitrogens is 1. The lowest BCUT2D eigenvalue weighted by atomic mass is 10.1. The predicted molar refractivity (Wildman–Crippen MR) is 131 cm³/mol. The Balaban J connectivity index is 0.00000300. The van der Waals surface area contributed by atoms with Crippen LogP contribution in [0, 0.1) is 0 Å². The number of fused-ring (bicyclic) bond motifs is 1. The second-order valence-corrected chi connectivity index (χ2v) is 7.34. The highest BCUT2D eigenvalue weighted by Crippen LogP contribution is 2.17. The molecule has 0 aliphatic carbocycles. The highest BCUT2D eigenvalue weighted by molar-refractivity contribution is 14.0. The van der Waals surface area contributed by atoms with Crippen LogP contribution in [0.25, 0.3) is 10.9 Å². The maximum absolute atomic E-state index is 12.1. The van der Waals surface area contributed by atoms with Gasteiger partial charge in [0.2, 0.25) is 5.91 Å². The number of nitrogens with zero attached hydrogens (tertiary/aromatic N) is 2. The summed E-state index contributed by atoms with van der Waals surface area (Å²) in [5, 5.41) is 8.02. The molecule has 6 nitrogen and oxygen atoms in total. The van der Waals surface area contributed by atoms with E-state index in [1.165, 1.54) is 22.9 Å². The number of aromatic nitrogens is 1. The molecule has 1 aliphatic rings. The Hall–Kier alpha value is -1.77. The van der Waals surface area contributed by atoms with Crippen LogP contribution >= 0.6 is 24.0 Å². The third kappa shape index (κ3) is 7.21. The standard InChI is InChI=1S/C22H33N5O.HI/c1-2-23-22(24-13-8-16-27-15-7-3-4-11-21(27)28)25-14-12-18-17-26-20-10-6-5-9-19(18)20;/h5-6,9-10,17,26H,2-4,7-8,11-16H2,1H3,(H2,23,24,25);1H. The molecule has 29 heavy (non-hydrogen) atoms. The average molecular weight is 511 g/mol. The van der Waals surface area contributed by atoms with Gasteiger partial charge in [0.05, 0.1) is 0 Å². The Morgan fingerprint density at radius 2 is 2.07 bits per heavy atom. The third-order valence-electron chi connectivity index (χ3n) is 5.23. The number of carbonyl (C=O) groups is 1. The van der Waals surface area contributed by atoms with Crippen molar-refractivity contribution >= 4 is 46.7 Å². The minimum Gasteiger partial charge on any atom is -0.361 e. The average Bonchev–Trinajstić information content (AvgIpc) is 3.00. The first kappa shape index (κ1) is 23.5. The van der Waals surface area contributed by atoms with Crippen molar-refractivity contribution in [1.82, 2.24) is 20.5 Å². The molecule has 2 heterocycles. The molecule has 2 aromatic rings. The van der Waals surface area contributed by atoms with Crippen molar-refractivity contribution in [2.75, 3.05) is 32.7 Å². The summed E-state index contributed by atoms with van der Waals surface area (Å²) >= 11 is 0. The molecule has 1 saturated heterocycles. The first-order valence-electron chi connectivity index (χ1n) is 10.6. The van der Waals surface area contributed by atoms with Gasteiger partial charge in [-0.05, 0) is 44.2 Å². The number of halogens is 1. The zero-order valence-corrected chi connectivity index (χ0v) is 19.7. The minimum atomic E-state index is 0. The van der Waals surface area contributed by atoms with Crippen LogP contribution in [0.1, 0.15) is 44.6 Å². The summed E-state index contributed by atoms with van der Waals surface area (Å²) in [5.74, 6) is 1.16. The Kier molecular flexibility index (Phi) is 10.3. The molecular weight excluding hydrogens is 477 g/mol. The van der Waals surface area contributed by atoms with Gasteiger partial charge in [-0.3, -0.25) is 9.79 Å². The molecule has 3 N–H and O–H groups in total. The maximum atomic E-state index is 12.1. The number of guanidine groups is 1. The number of likely N-dealkylation sites (tertiary alicyclic amines) is 1. The van der Waals surface area contributed by atoms with Gasteiger partial charge in [0, 0.05) is 56.2 Å². The molecule has 0 spiro atoms. The number of amides is 1. The maximum Gasteiger partial charge on any atom is 0.222 e. The normalized spacial score (nSPS) is 15.1. The molecule has 1 aromatic heterocycles. The van der Waals surface area contributed by atoms with Gasteiger partial charge in [-0.25, -0.2) is 0 Å². The quantitative estimate of drug-likeness (QED) is 0.219. The summed E-state index contributed by atoms with van der Waals surface area (Å²) < 4.78 is 0. The van der Waals surface area contributed by atoms with Gasteiger partial charge in [0.25, 0.3) is 0 Å². The van der Waals surface area contributed by atoms with Crippen LogP contribution in [0.2, 0.25) is 0 Å². The molecule has 0 bridgehead atoms. The fourth-order valence-electron chi connectivity index (χ4n) is 3.72. The largest absolute Gasteiger partial charge is 0.361 e. The summed E-state index contributed by atoms with van der Waals surface area (Å²) in [6, 6.07) is 8.39. The second kappa shape index (κ2) is 12.7. The van der Waals surface area contributed by atoms with Gasteiger partial charge in [0.15, 0.2) is 5.96 Å². The number of carbonyl (C=O) groups excluding carboxylic acids is 1. The molecule has 7 heteroatoms. The van der Waals surface area contributed by atoms with Crippen LogP contribution in [-0.2, 0) is 11.2 Å². The van der Waals surface area contributed by atoms with Crippen LogP contribution in [0.4, 0.5) is 0 Å². The van der Waals surface area contributed by atoms with Crippen LogP contribution in [0.3, 0.4) is 0 Å². The Morgan fingerprint density at radius 1 is 1.21 bits per heavy atom. The smallest absolute Gasteiger partial charge is 0.222 e. The van der Waals surface area contributed by atoms with E-state index < -0.39 is 0 Å². The minimum absolute atomic E-state index is 0. The molecule has 0 radical (unpaired) electrons. The van der Waals surface area contributed by atoms with Crippen molar-refractivity contribution in [3.8, 4) is 0 Å². The van der Waals surface area contributed by atoms with E-state index in [1.807, 2.05) is 4.90 Å². The fraction of sp³-hybridized carbons (Fsp3) is 0.545. The number of para-hydroxylation sites is 1. The van der Waals surface area contributed by atoms with Gasteiger partial charge >= 0.3 is 0 Å². The molecule has 1 aromatic carbocycles. The van der Waals surface area contributed by atoms with Gasteiger partial charge in [-0.15, -0.1) is 24.0 Å². The van der Waals surface area contributed by atoms with E-state index in [0.717, 1.165) is 64.4 Å². The van der Waals surface area contributed by atoms with Crippen molar-refractivity contribution in [1.29, 1.82) is 0 Å². The monoisotopic (exact) mass is 511 g/mol. The summed E-state index contributed by atoms with van der Waals surface area (Å²) in [5.41, 5.74) is 2.50. The van der Waals surface area contributed by atoms with E-state index in [0.29, 0.717) is 12.3 Å². The summed E-state index contributed by atoms with van der Waals surface area (Å²) in [7, 11) is 0. The summed E-state index contributed by atoms with van der Waals surface area (Å²) in [4.78, 5) is 22.1. The Bertz CT molecular complexity index is 788. The highest BCUT2D eigenvalue weighted by Gasteiger charge is 2.15. The predicted octanol–water partition coefficient (Wildman–Crippen LogP) is 3.68. The summed E-state index contributed by atoms with van der Waals surface area (Å²) in [6.07, 6.45) is 7.99. The zero-order chi connectivity index (χ0) is 19.6. The number of rotatable bonds is 8. The lowest BCUT2D eigenvalue weighted by Gasteiger charge is -2.20. The summed E-state index contributed by atoms with van der Waals surface area (Å²) in [6.45, 7) is 6.20. The number of nitrogens with one attached hydrogen (secondary N) is 3. The lowest BCUT2D eigenvalue weighted by molar-refractivity contribution is -0.130. The Morgan fingerprint density at radius 3 is 2.93 bits per heavy atom. The van der Waals surface area contributed by atoms with Gasteiger partial charge in [-0.1, -0.05) is 24.6 Å². The first-order chi connectivity index (χ1) is 13.8. The number of hydrogen-bond acceptors (Lipinski definition) is 2. The van der Waals surface area contributed by atoms with Crippen molar-refractivity contribution < 1.29 is 4.79 Å². The van der Waals surface area contributed by atoms with Gasteiger partial charge in [-0.2, -0.15) is 0 Å². The Labute approximate surface area is 190 Å². The van der Waals surface area contributed by atoms with E-state index in [1.54, 1.807) is 0 Å².